The lowest BCUT2D eigenvalue weighted by atomic mass is 10.3. The fraction of sp³-hybridized carbons (Fsp3) is 0.333. The number of imidazole rings is 1. The summed E-state index contributed by atoms with van der Waals surface area (Å²) in [5.74, 6) is 1.51. The lowest BCUT2D eigenvalue weighted by molar-refractivity contribution is 0.220. The van der Waals surface area contributed by atoms with Gasteiger partial charge >= 0.3 is 0 Å². The van der Waals surface area contributed by atoms with Gasteiger partial charge < -0.3 is 20.4 Å². The average Bonchev–Trinajstić information content (AvgIpc) is 3.11. The Hall–Kier alpha value is -3.09. The third-order valence-corrected chi connectivity index (χ3v) is 4.11. The van der Waals surface area contributed by atoms with Crippen molar-refractivity contribution in [3.8, 4) is 5.75 Å². The van der Waals surface area contributed by atoms with Crippen LogP contribution in [0.4, 0.5) is 4.39 Å². The van der Waals surface area contributed by atoms with Gasteiger partial charge in [-0.3, -0.25) is 0 Å². The highest BCUT2D eigenvalue weighted by Crippen LogP contribution is 2.17. The van der Waals surface area contributed by atoms with E-state index >= 15 is 0 Å². The molecular weight excluding hydrogens is 357 g/mol. The monoisotopic (exact) mass is 383 g/mol. The normalized spacial score (nSPS) is 12.8. The van der Waals surface area contributed by atoms with Gasteiger partial charge in [0.15, 0.2) is 17.5 Å². The maximum atomic E-state index is 13.7. The molecule has 28 heavy (non-hydrogen) atoms. The first kappa shape index (κ1) is 19.7. The summed E-state index contributed by atoms with van der Waals surface area (Å²) in [7, 11) is 0. The van der Waals surface area contributed by atoms with E-state index in [1.54, 1.807) is 18.2 Å². The van der Waals surface area contributed by atoms with E-state index < -0.39 is 0 Å². The van der Waals surface area contributed by atoms with Crippen LogP contribution in [0.15, 0.2) is 53.5 Å². The second-order valence-electron chi connectivity index (χ2n) is 6.46. The molecule has 0 aliphatic carbocycles. The van der Waals surface area contributed by atoms with Gasteiger partial charge in [-0.1, -0.05) is 24.3 Å². The summed E-state index contributed by atoms with van der Waals surface area (Å²) in [6.07, 6.45) is 0.503. The van der Waals surface area contributed by atoms with Crippen LogP contribution in [0.25, 0.3) is 11.0 Å². The van der Waals surface area contributed by atoms with Crippen LogP contribution in [0.3, 0.4) is 0 Å². The van der Waals surface area contributed by atoms with E-state index in [9.17, 15) is 4.39 Å². The van der Waals surface area contributed by atoms with Gasteiger partial charge in [0.1, 0.15) is 11.9 Å². The molecule has 1 atom stereocenters. The number of para-hydroxylation sites is 3. The smallest absolute Gasteiger partial charge is 0.191 e. The van der Waals surface area contributed by atoms with Crippen LogP contribution in [0.2, 0.25) is 0 Å². The molecule has 3 N–H and O–H groups in total. The average molecular weight is 383 g/mol. The number of halogens is 1. The van der Waals surface area contributed by atoms with Crippen molar-refractivity contribution < 1.29 is 9.13 Å². The van der Waals surface area contributed by atoms with Crippen LogP contribution in [0.5, 0.6) is 5.75 Å². The number of aromatic amines is 1. The van der Waals surface area contributed by atoms with E-state index in [0.29, 0.717) is 19.0 Å². The van der Waals surface area contributed by atoms with E-state index in [4.69, 9.17) is 4.74 Å². The molecule has 148 valence electrons. The zero-order valence-electron chi connectivity index (χ0n) is 16.2. The molecule has 0 fully saturated rings. The van der Waals surface area contributed by atoms with Crippen LogP contribution in [0.1, 0.15) is 19.7 Å². The van der Waals surface area contributed by atoms with Gasteiger partial charge in [-0.25, -0.2) is 14.4 Å². The van der Waals surface area contributed by atoms with Crippen LogP contribution in [-0.2, 0) is 6.42 Å². The van der Waals surface area contributed by atoms with Crippen LogP contribution >= 0.6 is 0 Å². The second-order valence-corrected chi connectivity index (χ2v) is 6.46. The molecule has 2 aromatic carbocycles. The Balaban J connectivity index is 1.51. The SMILES string of the molecule is CCNC(=NCC(C)Oc1ccccc1F)NCCc1nc2ccccc2[nH]1. The maximum absolute atomic E-state index is 13.7. The van der Waals surface area contributed by atoms with Gasteiger partial charge in [0, 0.05) is 19.5 Å². The summed E-state index contributed by atoms with van der Waals surface area (Å²) in [5, 5.41) is 6.50. The Morgan fingerprint density at radius 1 is 1.18 bits per heavy atom. The number of rotatable bonds is 8. The summed E-state index contributed by atoms with van der Waals surface area (Å²) in [6, 6.07) is 14.4. The third kappa shape index (κ3) is 5.45. The van der Waals surface area contributed by atoms with Crippen molar-refractivity contribution in [2.75, 3.05) is 19.6 Å². The number of aliphatic imine (C=N–C) groups is 1. The minimum Gasteiger partial charge on any atom is -0.486 e. The minimum atomic E-state index is -0.366. The number of aromatic nitrogens is 2. The number of fused-ring (bicyclic) bond motifs is 1. The molecule has 0 bridgehead atoms. The molecule has 0 aliphatic heterocycles. The van der Waals surface area contributed by atoms with E-state index in [2.05, 4.69) is 25.6 Å². The van der Waals surface area contributed by atoms with Gasteiger partial charge in [-0.2, -0.15) is 0 Å². The number of hydrogen-bond acceptors (Lipinski definition) is 3. The Kier molecular flexibility index (Phi) is 6.84. The van der Waals surface area contributed by atoms with Gasteiger partial charge in [0.25, 0.3) is 0 Å². The van der Waals surface area contributed by atoms with Crippen molar-refractivity contribution >= 4 is 17.0 Å². The van der Waals surface area contributed by atoms with Crippen LogP contribution in [0, 0.1) is 5.82 Å². The maximum Gasteiger partial charge on any atom is 0.191 e. The van der Waals surface area contributed by atoms with Crippen LogP contribution < -0.4 is 15.4 Å². The van der Waals surface area contributed by atoms with Crippen molar-refractivity contribution in [3.05, 3.63) is 60.2 Å². The zero-order chi connectivity index (χ0) is 19.8. The summed E-state index contributed by atoms with van der Waals surface area (Å²) < 4.78 is 19.3. The van der Waals surface area contributed by atoms with E-state index in [1.165, 1.54) is 6.07 Å². The van der Waals surface area contributed by atoms with Crippen molar-refractivity contribution in [2.45, 2.75) is 26.4 Å². The molecule has 0 saturated heterocycles. The van der Waals surface area contributed by atoms with Crippen LogP contribution in [-0.4, -0.2) is 41.7 Å². The van der Waals surface area contributed by atoms with Crippen molar-refractivity contribution in [3.63, 3.8) is 0 Å². The van der Waals surface area contributed by atoms with Crippen molar-refractivity contribution in [1.82, 2.24) is 20.6 Å². The molecule has 1 aromatic heterocycles. The molecule has 3 aromatic rings. The van der Waals surface area contributed by atoms with E-state index in [1.807, 2.05) is 38.1 Å². The molecule has 3 rings (SSSR count). The van der Waals surface area contributed by atoms with Gasteiger partial charge in [0.05, 0.1) is 17.6 Å². The standard InChI is InChI=1S/C21H26FN5O/c1-3-23-21(25-14-15(2)28-19-11-7-4-8-16(19)22)24-13-12-20-26-17-9-5-6-10-18(17)27-20/h4-11,15H,3,12-14H2,1-2H3,(H,26,27)(H2,23,24,25). The molecule has 7 heteroatoms. The Labute approximate surface area is 164 Å². The molecule has 0 saturated carbocycles. The lowest BCUT2D eigenvalue weighted by Crippen LogP contribution is -2.39. The Morgan fingerprint density at radius 3 is 2.75 bits per heavy atom. The topological polar surface area (TPSA) is 74.3 Å². The molecule has 0 radical (unpaired) electrons. The first-order valence-corrected chi connectivity index (χ1v) is 9.52. The number of nitrogens with zero attached hydrogens (tertiary/aromatic N) is 2. The molecule has 0 amide bonds. The van der Waals surface area contributed by atoms with E-state index in [-0.39, 0.29) is 17.7 Å². The van der Waals surface area contributed by atoms with E-state index in [0.717, 1.165) is 29.8 Å². The molecule has 1 heterocycles. The summed E-state index contributed by atoms with van der Waals surface area (Å²) in [4.78, 5) is 12.4. The van der Waals surface area contributed by atoms with Gasteiger partial charge in [-0.05, 0) is 38.1 Å². The third-order valence-electron chi connectivity index (χ3n) is 4.11. The molecule has 0 spiro atoms. The number of benzene rings is 2. The second kappa shape index (κ2) is 9.73. The van der Waals surface area contributed by atoms with Gasteiger partial charge in [-0.15, -0.1) is 0 Å². The highest BCUT2D eigenvalue weighted by molar-refractivity contribution is 5.79. The predicted octanol–water partition coefficient (Wildman–Crippen LogP) is 3.27. The predicted molar refractivity (Wildman–Crippen MR) is 110 cm³/mol. The number of hydrogen-bond donors (Lipinski definition) is 3. The van der Waals surface area contributed by atoms with Crippen molar-refractivity contribution in [2.24, 2.45) is 4.99 Å². The molecular formula is C21H26FN5O. The first-order valence-electron chi connectivity index (χ1n) is 9.52. The van der Waals surface area contributed by atoms with Gasteiger partial charge in [0.2, 0.25) is 0 Å². The molecule has 6 nitrogen and oxygen atoms in total. The highest BCUT2D eigenvalue weighted by atomic mass is 19.1. The Morgan fingerprint density at radius 2 is 1.96 bits per heavy atom. The first-order chi connectivity index (χ1) is 13.7. The fourth-order valence-electron chi connectivity index (χ4n) is 2.78. The number of ether oxygens (including phenoxy) is 1. The van der Waals surface area contributed by atoms with Crippen molar-refractivity contribution in [1.29, 1.82) is 0 Å². The minimum absolute atomic E-state index is 0.244. The number of nitrogens with one attached hydrogen (secondary N) is 3. The number of guanidine groups is 1. The molecule has 1 unspecified atom stereocenters. The summed E-state index contributed by atoms with van der Waals surface area (Å²) >= 11 is 0. The summed E-state index contributed by atoms with van der Waals surface area (Å²) in [5.41, 5.74) is 2.01. The number of H-pyrrole nitrogens is 1. The summed E-state index contributed by atoms with van der Waals surface area (Å²) in [6.45, 7) is 5.73. The molecule has 0 aliphatic rings. The zero-order valence-corrected chi connectivity index (χ0v) is 16.2. The lowest BCUT2D eigenvalue weighted by Gasteiger charge is -2.15. The quantitative estimate of drug-likeness (QED) is 0.412. The fourth-order valence-corrected chi connectivity index (χ4v) is 2.78. The largest absolute Gasteiger partial charge is 0.486 e. The Bertz CT molecular complexity index is 891. The highest BCUT2D eigenvalue weighted by Gasteiger charge is 2.08.